The average Bonchev–Trinajstić information content (AvgIpc) is 2.77. The van der Waals surface area contributed by atoms with Gasteiger partial charge in [-0.05, 0) is 44.2 Å². The molecule has 2 rings (SSSR count). The third kappa shape index (κ3) is 3.28. The molecule has 1 heterocycles. The molecule has 0 atom stereocenters. The molecule has 102 valence electrons. The first-order chi connectivity index (χ1) is 9.10. The lowest BCUT2D eigenvalue weighted by Crippen LogP contribution is -2.09. The summed E-state index contributed by atoms with van der Waals surface area (Å²) in [5, 5.41) is 7.88. The Morgan fingerprint density at radius 1 is 1.21 bits per heavy atom. The molecule has 0 bridgehead atoms. The van der Waals surface area contributed by atoms with Crippen molar-refractivity contribution in [2.75, 3.05) is 24.3 Å². The maximum atomic E-state index is 4.45. The van der Waals surface area contributed by atoms with Gasteiger partial charge in [0, 0.05) is 32.0 Å². The van der Waals surface area contributed by atoms with Crippen LogP contribution in [0.5, 0.6) is 0 Å². The lowest BCUT2D eigenvalue weighted by atomic mass is 10.2. The molecule has 0 saturated heterocycles. The second-order valence-electron chi connectivity index (χ2n) is 4.89. The van der Waals surface area contributed by atoms with Gasteiger partial charge in [-0.25, -0.2) is 0 Å². The standard InChI is InChI=1S/C15H22N4/c1-5-19-15(10-12(2)17-19)11-16-13-6-8-14(9-7-13)18(3)4/h6-10,16H,5,11H2,1-4H3. The maximum Gasteiger partial charge on any atom is 0.0597 e. The van der Waals surface area contributed by atoms with E-state index in [1.807, 2.05) is 25.7 Å². The fourth-order valence-corrected chi connectivity index (χ4v) is 2.09. The minimum Gasteiger partial charge on any atom is -0.379 e. The Balaban J connectivity index is 2.01. The third-order valence-corrected chi connectivity index (χ3v) is 3.14. The second-order valence-corrected chi connectivity index (χ2v) is 4.89. The lowest BCUT2D eigenvalue weighted by Gasteiger charge is -2.13. The summed E-state index contributed by atoms with van der Waals surface area (Å²) in [6.07, 6.45) is 0. The Hall–Kier alpha value is -1.97. The van der Waals surface area contributed by atoms with Crippen molar-refractivity contribution in [1.82, 2.24) is 9.78 Å². The van der Waals surface area contributed by atoms with E-state index >= 15 is 0 Å². The number of anilines is 2. The van der Waals surface area contributed by atoms with Crippen molar-refractivity contribution in [3.05, 3.63) is 41.7 Å². The molecule has 4 nitrogen and oxygen atoms in total. The van der Waals surface area contributed by atoms with Gasteiger partial charge in [-0.1, -0.05) is 0 Å². The molecule has 0 aliphatic heterocycles. The maximum absolute atomic E-state index is 4.45. The SMILES string of the molecule is CCn1nc(C)cc1CNc1ccc(N(C)C)cc1. The topological polar surface area (TPSA) is 33.1 Å². The van der Waals surface area contributed by atoms with Crippen LogP contribution in [0.4, 0.5) is 11.4 Å². The van der Waals surface area contributed by atoms with Crippen LogP contribution in [0.1, 0.15) is 18.3 Å². The average molecular weight is 258 g/mol. The van der Waals surface area contributed by atoms with E-state index in [9.17, 15) is 0 Å². The largest absolute Gasteiger partial charge is 0.379 e. The molecule has 2 aromatic rings. The fraction of sp³-hybridized carbons (Fsp3) is 0.400. The molecule has 0 saturated carbocycles. The molecule has 1 aromatic carbocycles. The predicted molar refractivity (Wildman–Crippen MR) is 80.7 cm³/mol. The molecule has 1 aromatic heterocycles. The van der Waals surface area contributed by atoms with Crippen molar-refractivity contribution >= 4 is 11.4 Å². The Morgan fingerprint density at radius 3 is 2.47 bits per heavy atom. The van der Waals surface area contributed by atoms with Crippen molar-refractivity contribution in [2.24, 2.45) is 0 Å². The molecular formula is C15H22N4. The second kappa shape index (κ2) is 5.78. The highest BCUT2D eigenvalue weighted by Gasteiger charge is 2.03. The number of nitrogens with one attached hydrogen (secondary N) is 1. The highest BCUT2D eigenvalue weighted by atomic mass is 15.3. The molecule has 0 unspecified atom stereocenters. The van der Waals surface area contributed by atoms with E-state index in [-0.39, 0.29) is 0 Å². The predicted octanol–water partition coefficient (Wildman–Crippen LogP) is 2.89. The van der Waals surface area contributed by atoms with Gasteiger partial charge in [-0.15, -0.1) is 0 Å². The van der Waals surface area contributed by atoms with Crippen LogP contribution in [-0.4, -0.2) is 23.9 Å². The van der Waals surface area contributed by atoms with E-state index in [2.05, 4.69) is 52.6 Å². The Morgan fingerprint density at radius 2 is 1.89 bits per heavy atom. The number of aryl methyl sites for hydroxylation is 2. The molecule has 19 heavy (non-hydrogen) atoms. The molecule has 4 heteroatoms. The van der Waals surface area contributed by atoms with E-state index < -0.39 is 0 Å². The van der Waals surface area contributed by atoms with E-state index in [0.29, 0.717) is 0 Å². The van der Waals surface area contributed by atoms with Gasteiger partial charge >= 0.3 is 0 Å². The quantitative estimate of drug-likeness (QED) is 0.895. The number of hydrogen-bond acceptors (Lipinski definition) is 3. The number of rotatable bonds is 5. The van der Waals surface area contributed by atoms with Crippen LogP contribution in [-0.2, 0) is 13.1 Å². The van der Waals surface area contributed by atoms with Gasteiger partial charge in [0.2, 0.25) is 0 Å². The van der Waals surface area contributed by atoms with Gasteiger partial charge in [-0.2, -0.15) is 5.10 Å². The number of nitrogens with zero attached hydrogens (tertiary/aromatic N) is 3. The van der Waals surface area contributed by atoms with Crippen molar-refractivity contribution in [3.8, 4) is 0 Å². The van der Waals surface area contributed by atoms with Gasteiger partial charge < -0.3 is 10.2 Å². The monoisotopic (exact) mass is 258 g/mol. The summed E-state index contributed by atoms with van der Waals surface area (Å²) >= 11 is 0. The smallest absolute Gasteiger partial charge is 0.0597 e. The summed E-state index contributed by atoms with van der Waals surface area (Å²) in [5.74, 6) is 0. The molecular weight excluding hydrogens is 236 g/mol. The minimum atomic E-state index is 0.802. The first-order valence-corrected chi connectivity index (χ1v) is 6.64. The Bertz CT molecular complexity index is 526. The molecule has 0 amide bonds. The Labute approximate surface area is 115 Å². The zero-order valence-electron chi connectivity index (χ0n) is 12.1. The summed E-state index contributed by atoms with van der Waals surface area (Å²) in [5.41, 5.74) is 4.63. The summed E-state index contributed by atoms with van der Waals surface area (Å²) in [6.45, 7) is 5.85. The zero-order valence-corrected chi connectivity index (χ0v) is 12.1. The highest BCUT2D eigenvalue weighted by Crippen LogP contribution is 2.16. The zero-order chi connectivity index (χ0) is 13.8. The summed E-state index contributed by atoms with van der Waals surface area (Å²) < 4.78 is 2.04. The first-order valence-electron chi connectivity index (χ1n) is 6.64. The Kier molecular flexibility index (Phi) is 4.10. The van der Waals surface area contributed by atoms with E-state index in [0.717, 1.165) is 24.5 Å². The summed E-state index contributed by atoms with van der Waals surface area (Å²) in [4.78, 5) is 2.10. The van der Waals surface area contributed by atoms with Gasteiger partial charge in [0.15, 0.2) is 0 Å². The number of aromatic nitrogens is 2. The lowest BCUT2D eigenvalue weighted by molar-refractivity contribution is 0.623. The first kappa shape index (κ1) is 13.5. The summed E-state index contributed by atoms with van der Waals surface area (Å²) in [6, 6.07) is 10.6. The molecule has 0 aliphatic carbocycles. The van der Waals surface area contributed by atoms with Crippen LogP contribution in [0.2, 0.25) is 0 Å². The van der Waals surface area contributed by atoms with Crippen molar-refractivity contribution in [2.45, 2.75) is 26.9 Å². The molecule has 0 fully saturated rings. The molecule has 1 N–H and O–H groups in total. The van der Waals surface area contributed by atoms with Crippen LogP contribution in [0.15, 0.2) is 30.3 Å². The van der Waals surface area contributed by atoms with Crippen LogP contribution in [0.25, 0.3) is 0 Å². The number of hydrogen-bond donors (Lipinski definition) is 1. The van der Waals surface area contributed by atoms with Gasteiger partial charge in [-0.3, -0.25) is 4.68 Å². The highest BCUT2D eigenvalue weighted by molar-refractivity contribution is 5.54. The number of benzene rings is 1. The van der Waals surface area contributed by atoms with E-state index in [4.69, 9.17) is 0 Å². The van der Waals surface area contributed by atoms with Crippen molar-refractivity contribution in [3.63, 3.8) is 0 Å². The summed E-state index contributed by atoms with van der Waals surface area (Å²) in [7, 11) is 4.09. The molecule has 0 radical (unpaired) electrons. The van der Waals surface area contributed by atoms with E-state index in [1.54, 1.807) is 0 Å². The third-order valence-electron chi connectivity index (χ3n) is 3.14. The van der Waals surface area contributed by atoms with Crippen LogP contribution < -0.4 is 10.2 Å². The molecule has 0 aliphatic rings. The van der Waals surface area contributed by atoms with Crippen LogP contribution >= 0.6 is 0 Å². The van der Waals surface area contributed by atoms with Gasteiger partial charge in [0.05, 0.1) is 17.9 Å². The van der Waals surface area contributed by atoms with Crippen LogP contribution in [0.3, 0.4) is 0 Å². The van der Waals surface area contributed by atoms with Gasteiger partial charge in [0.1, 0.15) is 0 Å². The van der Waals surface area contributed by atoms with Crippen molar-refractivity contribution < 1.29 is 0 Å². The van der Waals surface area contributed by atoms with Crippen LogP contribution in [0, 0.1) is 6.92 Å². The van der Waals surface area contributed by atoms with Crippen molar-refractivity contribution in [1.29, 1.82) is 0 Å². The van der Waals surface area contributed by atoms with E-state index in [1.165, 1.54) is 11.4 Å². The minimum absolute atomic E-state index is 0.802. The fourth-order valence-electron chi connectivity index (χ4n) is 2.09. The normalized spacial score (nSPS) is 10.5. The van der Waals surface area contributed by atoms with Gasteiger partial charge in [0.25, 0.3) is 0 Å². The molecule has 0 spiro atoms.